The van der Waals surface area contributed by atoms with Gasteiger partial charge in [-0.2, -0.15) is 0 Å². The molecule has 0 radical (unpaired) electrons. The maximum Gasteiger partial charge on any atom is 0.301 e. The van der Waals surface area contributed by atoms with Gasteiger partial charge in [0, 0.05) is 25.5 Å². The number of carbonyl (C=O) groups is 1. The Bertz CT molecular complexity index is 284. The number of halogens is 2. The molecule has 0 amide bonds. The molecule has 0 aromatic carbocycles. The fourth-order valence-corrected chi connectivity index (χ4v) is 2.61. The van der Waals surface area contributed by atoms with Gasteiger partial charge in [0.05, 0.1) is 0 Å². The molecule has 1 fully saturated rings. The molecule has 0 aliphatic carbocycles. The Labute approximate surface area is 135 Å². The first-order chi connectivity index (χ1) is 8.53. The minimum Gasteiger partial charge on any atom is -0.481 e. The number of likely N-dealkylation sites (tertiary alicyclic amines) is 1. The fourth-order valence-electron chi connectivity index (χ4n) is 2.61. The predicted molar refractivity (Wildman–Crippen MR) is 89.1 cm³/mol. The maximum absolute atomic E-state index is 11.4. The summed E-state index contributed by atoms with van der Waals surface area (Å²) in [5.74, 6) is -0.663. The molecule has 2 atom stereocenters. The lowest BCUT2D eigenvalue weighted by molar-refractivity contribution is -0.141. The molecule has 4 nitrogen and oxygen atoms in total. The molecule has 1 N–H and O–H groups in total. The zero-order valence-electron chi connectivity index (χ0n) is 12.8. The normalized spacial score (nSPS) is 21.6. The summed E-state index contributed by atoms with van der Waals surface area (Å²) in [6, 6.07) is 0. The largest absolute Gasteiger partial charge is 0.481 e. The predicted octanol–water partition coefficient (Wildman–Crippen LogP) is 2.36. The Morgan fingerprint density at radius 2 is 2.10 bits per heavy atom. The Hall–Kier alpha value is 0.0349. The topological polar surface area (TPSA) is 49.8 Å². The molecule has 0 saturated carbocycles. The molecule has 0 bridgehead atoms. The van der Waals surface area contributed by atoms with Gasteiger partial charge in [0.15, 0.2) is 0 Å². The van der Waals surface area contributed by atoms with Gasteiger partial charge in [-0.3, -0.25) is 9.69 Å². The molecule has 1 saturated heterocycles. The third-order valence-corrected chi connectivity index (χ3v) is 4.12. The van der Waals surface area contributed by atoms with Crippen molar-refractivity contribution in [2.45, 2.75) is 57.0 Å². The summed E-state index contributed by atoms with van der Waals surface area (Å²) in [6.45, 7) is 3.96. The molecular formula is C13H28BCl2NO3. The molecule has 1 rings (SSSR count). The van der Waals surface area contributed by atoms with Gasteiger partial charge in [-0.25, -0.2) is 0 Å². The summed E-state index contributed by atoms with van der Waals surface area (Å²) in [7, 11) is 3.61. The third kappa shape index (κ3) is 6.21. The van der Waals surface area contributed by atoms with E-state index in [0.29, 0.717) is 6.42 Å². The van der Waals surface area contributed by atoms with E-state index < -0.39 is 11.3 Å². The molecule has 0 aromatic heterocycles. The van der Waals surface area contributed by atoms with Crippen LogP contribution < -0.4 is 0 Å². The number of aliphatic carboxylic acids is 1. The van der Waals surface area contributed by atoms with Crippen LogP contribution in [0.4, 0.5) is 0 Å². The van der Waals surface area contributed by atoms with E-state index in [2.05, 4.69) is 11.8 Å². The van der Waals surface area contributed by atoms with Crippen molar-refractivity contribution in [2.75, 3.05) is 20.2 Å². The van der Waals surface area contributed by atoms with E-state index in [9.17, 15) is 9.90 Å². The summed E-state index contributed by atoms with van der Waals surface area (Å²) in [6.07, 6.45) is 5.91. The average molecular weight is 328 g/mol. The molecule has 0 aromatic rings. The number of unbranched alkanes of at least 4 members (excludes halogenated alkanes) is 1. The highest BCUT2D eigenvalue weighted by molar-refractivity contribution is 6.26. The van der Waals surface area contributed by atoms with Crippen LogP contribution in [0.1, 0.15) is 45.4 Å². The number of hydrogen-bond donors (Lipinski definition) is 1. The summed E-state index contributed by atoms with van der Waals surface area (Å²) >= 11 is 0. The molecule has 1 unspecified atom stereocenters. The van der Waals surface area contributed by atoms with Crippen LogP contribution in [0.3, 0.4) is 0 Å². The van der Waals surface area contributed by atoms with Crippen LogP contribution in [0.15, 0.2) is 0 Å². The van der Waals surface area contributed by atoms with Gasteiger partial charge in [-0.15, -0.1) is 24.8 Å². The molecule has 1 heterocycles. The zero-order valence-corrected chi connectivity index (χ0v) is 14.4. The van der Waals surface area contributed by atoms with Crippen molar-refractivity contribution in [1.29, 1.82) is 0 Å². The van der Waals surface area contributed by atoms with Gasteiger partial charge < -0.3 is 9.84 Å². The number of ether oxygens (including phenoxy) is 1. The van der Waals surface area contributed by atoms with E-state index in [-0.39, 0.29) is 31.0 Å². The summed E-state index contributed by atoms with van der Waals surface area (Å²) in [5, 5.41) is 8.82. The van der Waals surface area contributed by atoms with Crippen LogP contribution in [0, 0.1) is 0 Å². The van der Waals surface area contributed by atoms with Crippen LogP contribution in [0.25, 0.3) is 0 Å². The lowest BCUT2D eigenvalue weighted by Crippen LogP contribution is -2.35. The molecule has 0 spiro atoms. The Morgan fingerprint density at radius 1 is 1.45 bits per heavy atom. The molecule has 7 heteroatoms. The molecular weight excluding hydrogens is 300 g/mol. The summed E-state index contributed by atoms with van der Waals surface area (Å²) in [4.78, 5) is 13.7. The second-order valence-electron chi connectivity index (χ2n) is 5.59. The lowest BCUT2D eigenvalue weighted by Gasteiger charge is -2.29. The first kappa shape index (κ1) is 22.3. The van der Waals surface area contributed by atoms with E-state index in [4.69, 9.17) is 4.74 Å². The SMILES string of the molecule is BC(CCCC)(CCN1CCC[C@H]1OC)C(=O)O.Cl.Cl. The second-order valence-corrected chi connectivity index (χ2v) is 5.59. The summed E-state index contributed by atoms with van der Waals surface area (Å²) < 4.78 is 5.41. The van der Waals surface area contributed by atoms with Gasteiger partial charge in [-0.1, -0.05) is 19.8 Å². The monoisotopic (exact) mass is 327 g/mol. The molecule has 1 aliphatic heterocycles. The van der Waals surface area contributed by atoms with E-state index in [1.54, 1.807) is 7.11 Å². The van der Waals surface area contributed by atoms with Crippen molar-refractivity contribution < 1.29 is 14.6 Å². The summed E-state index contributed by atoms with van der Waals surface area (Å²) in [5.41, 5.74) is 0. The number of hydrogen-bond acceptors (Lipinski definition) is 3. The van der Waals surface area contributed by atoms with Gasteiger partial charge in [0.25, 0.3) is 0 Å². The van der Waals surface area contributed by atoms with Crippen molar-refractivity contribution in [3.05, 3.63) is 0 Å². The molecule has 120 valence electrons. The van der Waals surface area contributed by atoms with Crippen molar-refractivity contribution in [3.63, 3.8) is 0 Å². The lowest BCUT2D eigenvalue weighted by atomic mass is 9.63. The Balaban J connectivity index is 0. The van der Waals surface area contributed by atoms with Gasteiger partial charge >= 0.3 is 5.97 Å². The van der Waals surface area contributed by atoms with E-state index in [1.165, 1.54) is 0 Å². The zero-order chi connectivity index (χ0) is 13.6. The quantitative estimate of drug-likeness (QED) is 0.695. The Kier molecular flexibility index (Phi) is 12.0. The Morgan fingerprint density at radius 3 is 2.60 bits per heavy atom. The van der Waals surface area contributed by atoms with Crippen LogP contribution in [0.2, 0.25) is 5.31 Å². The highest BCUT2D eigenvalue weighted by atomic mass is 35.5. The average Bonchev–Trinajstić information content (AvgIpc) is 2.81. The first-order valence-electron chi connectivity index (χ1n) is 7.03. The van der Waals surface area contributed by atoms with Crippen LogP contribution in [0.5, 0.6) is 0 Å². The minimum absolute atomic E-state index is 0. The fraction of sp³-hybridized carbons (Fsp3) is 0.923. The van der Waals surface area contributed by atoms with Gasteiger partial charge in [-0.05, 0) is 25.7 Å². The number of carboxylic acid groups (broad SMARTS) is 1. The van der Waals surface area contributed by atoms with Crippen LogP contribution >= 0.6 is 24.8 Å². The van der Waals surface area contributed by atoms with Crippen molar-refractivity contribution in [2.24, 2.45) is 0 Å². The smallest absolute Gasteiger partial charge is 0.301 e. The second kappa shape index (κ2) is 10.7. The van der Waals surface area contributed by atoms with E-state index in [0.717, 1.165) is 45.2 Å². The molecule has 20 heavy (non-hydrogen) atoms. The van der Waals surface area contributed by atoms with Crippen molar-refractivity contribution in [3.8, 4) is 0 Å². The van der Waals surface area contributed by atoms with Crippen molar-refractivity contribution >= 4 is 38.6 Å². The minimum atomic E-state index is -0.663. The van der Waals surface area contributed by atoms with Gasteiger partial charge in [0.1, 0.15) is 14.1 Å². The number of rotatable bonds is 8. The van der Waals surface area contributed by atoms with Crippen LogP contribution in [-0.2, 0) is 9.53 Å². The number of carboxylic acids is 1. The maximum atomic E-state index is 11.4. The number of methoxy groups -OCH3 is 1. The van der Waals surface area contributed by atoms with Crippen molar-refractivity contribution in [1.82, 2.24) is 4.90 Å². The van der Waals surface area contributed by atoms with Crippen LogP contribution in [-0.4, -0.2) is 50.2 Å². The van der Waals surface area contributed by atoms with E-state index >= 15 is 0 Å². The standard InChI is InChI=1S/C13H26BNO3.2ClH/c1-3-4-7-13(14,12(16)17)8-10-15-9-5-6-11(15)18-2;;/h11H,3-10,14H2,1-2H3,(H,16,17);2*1H/t11-,13?;;/m1../s1. The third-order valence-electron chi connectivity index (χ3n) is 4.12. The highest BCUT2D eigenvalue weighted by Crippen LogP contribution is 2.34. The number of nitrogens with zero attached hydrogens (tertiary/aromatic N) is 1. The molecule has 1 aliphatic rings. The highest BCUT2D eigenvalue weighted by Gasteiger charge is 2.34. The van der Waals surface area contributed by atoms with E-state index in [1.807, 2.05) is 7.85 Å². The van der Waals surface area contributed by atoms with Gasteiger partial charge in [0.2, 0.25) is 0 Å². The first-order valence-corrected chi connectivity index (χ1v) is 7.03.